The second kappa shape index (κ2) is 7.35. The lowest BCUT2D eigenvalue weighted by Gasteiger charge is -2.09. The van der Waals surface area contributed by atoms with Crippen LogP contribution in [0.1, 0.15) is 17.0 Å². The number of carbonyl (C=O) groups excluding carboxylic acids is 1. The van der Waals surface area contributed by atoms with E-state index in [4.69, 9.17) is 0 Å². The van der Waals surface area contributed by atoms with Gasteiger partial charge in [0.05, 0.1) is 40.0 Å². The van der Waals surface area contributed by atoms with Crippen molar-refractivity contribution in [1.29, 1.82) is 0 Å². The van der Waals surface area contributed by atoms with Gasteiger partial charge in [0.1, 0.15) is 6.54 Å². The van der Waals surface area contributed by atoms with E-state index in [0.717, 1.165) is 16.9 Å². The standard InChI is InChI=1S/C22H21N5O2/c1-14-8-7-11-18-20(14)23-13-26(22(18)29)12-19(28)24-21-15(2)25-27(16(21)3)17-9-5-4-6-10-17/h4-11,13H,12H2,1-3H3,(H,24,28). The molecule has 29 heavy (non-hydrogen) atoms. The lowest BCUT2D eigenvalue weighted by molar-refractivity contribution is -0.116. The molecule has 0 bridgehead atoms. The Morgan fingerprint density at radius 2 is 1.79 bits per heavy atom. The maximum Gasteiger partial charge on any atom is 0.261 e. The Morgan fingerprint density at radius 3 is 2.55 bits per heavy atom. The highest BCUT2D eigenvalue weighted by Crippen LogP contribution is 2.22. The lowest BCUT2D eigenvalue weighted by atomic mass is 10.1. The van der Waals surface area contributed by atoms with Crippen LogP contribution in [0.3, 0.4) is 0 Å². The van der Waals surface area contributed by atoms with Crippen molar-refractivity contribution in [3.63, 3.8) is 0 Å². The SMILES string of the molecule is Cc1nn(-c2ccccc2)c(C)c1NC(=O)Cn1cnc2c(C)cccc2c1=O. The van der Waals surface area contributed by atoms with Crippen LogP contribution < -0.4 is 10.9 Å². The van der Waals surface area contributed by atoms with Crippen LogP contribution in [-0.4, -0.2) is 25.2 Å². The Kier molecular flexibility index (Phi) is 4.72. The van der Waals surface area contributed by atoms with Crippen molar-refractivity contribution in [3.8, 4) is 5.69 Å². The van der Waals surface area contributed by atoms with Crippen molar-refractivity contribution >= 4 is 22.5 Å². The quantitative estimate of drug-likeness (QED) is 0.583. The van der Waals surface area contributed by atoms with Gasteiger partial charge in [0.15, 0.2) is 0 Å². The van der Waals surface area contributed by atoms with Gasteiger partial charge in [0.2, 0.25) is 5.91 Å². The number of carbonyl (C=O) groups is 1. The molecule has 0 fully saturated rings. The van der Waals surface area contributed by atoms with Gasteiger partial charge in [-0.05, 0) is 44.5 Å². The molecule has 2 aromatic carbocycles. The Balaban J connectivity index is 1.60. The largest absolute Gasteiger partial charge is 0.321 e. The molecule has 4 aromatic rings. The zero-order valence-corrected chi connectivity index (χ0v) is 16.5. The average molecular weight is 387 g/mol. The fourth-order valence-corrected chi connectivity index (χ4v) is 3.43. The Bertz CT molecular complexity index is 1270. The third-order valence-electron chi connectivity index (χ3n) is 4.93. The normalized spacial score (nSPS) is 11.0. The molecule has 0 aliphatic heterocycles. The minimum Gasteiger partial charge on any atom is -0.321 e. The number of para-hydroxylation sites is 2. The molecule has 7 nitrogen and oxygen atoms in total. The van der Waals surface area contributed by atoms with Crippen LogP contribution in [0, 0.1) is 20.8 Å². The first-order chi connectivity index (χ1) is 14.0. The highest BCUT2D eigenvalue weighted by Gasteiger charge is 2.16. The molecule has 0 aliphatic rings. The molecule has 146 valence electrons. The number of aryl methyl sites for hydroxylation is 2. The van der Waals surface area contributed by atoms with Crippen LogP contribution in [0.25, 0.3) is 16.6 Å². The molecule has 0 spiro atoms. The predicted molar refractivity (Wildman–Crippen MR) is 112 cm³/mol. The molecule has 1 N–H and O–H groups in total. The van der Waals surface area contributed by atoms with Gasteiger partial charge in [-0.1, -0.05) is 30.3 Å². The summed E-state index contributed by atoms with van der Waals surface area (Å²) in [6.45, 7) is 5.52. The Hall–Kier alpha value is -3.74. The molecule has 0 saturated carbocycles. The van der Waals surface area contributed by atoms with Gasteiger partial charge in [-0.25, -0.2) is 9.67 Å². The molecule has 0 unspecified atom stereocenters. The number of rotatable bonds is 4. The van der Waals surface area contributed by atoms with Crippen molar-refractivity contribution in [3.05, 3.63) is 82.2 Å². The number of hydrogen-bond acceptors (Lipinski definition) is 4. The molecule has 0 atom stereocenters. The predicted octanol–water partition coefficient (Wildman–Crippen LogP) is 3.15. The van der Waals surface area contributed by atoms with E-state index in [1.54, 1.807) is 10.7 Å². The van der Waals surface area contributed by atoms with E-state index in [-0.39, 0.29) is 18.0 Å². The average Bonchev–Trinajstić information content (AvgIpc) is 2.99. The van der Waals surface area contributed by atoms with Gasteiger partial charge < -0.3 is 5.32 Å². The molecule has 2 aromatic heterocycles. The van der Waals surface area contributed by atoms with Gasteiger partial charge in [-0.2, -0.15) is 5.10 Å². The van der Waals surface area contributed by atoms with Gasteiger partial charge in [0, 0.05) is 0 Å². The highest BCUT2D eigenvalue weighted by atomic mass is 16.2. The van der Waals surface area contributed by atoms with Gasteiger partial charge in [-0.3, -0.25) is 14.2 Å². The summed E-state index contributed by atoms with van der Waals surface area (Å²) in [5, 5.41) is 7.93. The zero-order valence-electron chi connectivity index (χ0n) is 16.5. The molecule has 4 rings (SSSR count). The van der Waals surface area contributed by atoms with Crippen LogP contribution in [0.4, 0.5) is 5.69 Å². The summed E-state index contributed by atoms with van der Waals surface area (Å²) in [4.78, 5) is 29.7. The fraction of sp³-hybridized carbons (Fsp3) is 0.182. The maximum atomic E-state index is 12.7. The molecular weight excluding hydrogens is 366 g/mol. The first-order valence-corrected chi connectivity index (χ1v) is 9.32. The number of nitrogens with zero attached hydrogens (tertiary/aromatic N) is 4. The Morgan fingerprint density at radius 1 is 1.03 bits per heavy atom. The number of nitrogens with one attached hydrogen (secondary N) is 1. The van der Waals surface area contributed by atoms with Crippen LogP contribution in [-0.2, 0) is 11.3 Å². The number of hydrogen-bond donors (Lipinski definition) is 1. The molecule has 0 saturated heterocycles. The maximum absolute atomic E-state index is 12.7. The van der Waals surface area contributed by atoms with Crippen LogP contribution in [0.2, 0.25) is 0 Å². The summed E-state index contributed by atoms with van der Waals surface area (Å²) in [7, 11) is 0. The van der Waals surface area contributed by atoms with E-state index in [9.17, 15) is 9.59 Å². The monoisotopic (exact) mass is 387 g/mol. The molecule has 1 amide bonds. The van der Waals surface area contributed by atoms with E-state index in [1.165, 1.54) is 10.9 Å². The molecular formula is C22H21N5O2. The van der Waals surface area contributed by atoms with Gasteiger partial charge >= 0.3 is 0 Å². The van der Waals surface area contributed by atoms with Crippen molar-refractivity contribution in [2.24, 2.45) is 0 Å². The van der Waals surface area contributed by atoms with Crippen molar-refractivity contribution in [1.82, 2.24) is 19.3 Å². The van der Waals surface area contributed by atoms with Crippen LogP contribution in [0.5, 0.6) is 0 Å². The van der Waals surface area contributed by atoms with Crippen molar-refractivity contribution < 1.29 is 4.79 Å². The van der Waals surface area contributed by atoms with Crippen LogP contribution in [0.15, 0.2) is 59.7 Å². The van der Waals surface area contributed by atoms with Crippen molar-refractivity contribution in [2.45, 2.75) is 27.3 Å². The summed E-state index contributed by atoms with van der Waals surface area (Å²) < 4.78 is 3.11. The van der Waals surface area contributed by atoms with Gasteiger partial charge in [0.25, 0.3) is 5.56 Å². The highest BCUT2D eigenvalue weighted by molar-refractivity contribution is 5.92. The van der Waals surface area contributed by atoms with E-state index < -0.39 is 0 Å². The number of fused-ring (bicyclic) bond motifs is 1. The summed E-state index contributed by atoms with van der Waals surface area (Å²) in [6.07, 6.45) is 1.42. The number of aromatic nitrogens is 4. The van der Waals surface area contributed by atoms with Crippen molar-refractivity contribution in [2.75, 3.05) is 5.32 Å². The van der Waals surface area contributed by atoms with Gasteiger partial charge in [-0.15, -0.1) is 0 Å². The first kappa shape index (κ1) is 18.6. The molecule has 7 heteroatoms. The Labute approximate surface area is 167 Å². The molecule has 0 radical (unpaired) electrons. The summed E-state index contributed by atoms with van der Waals surface area (Å²) in [5.41, 5.74) is 4.44. The van der Waals surface area contributed by atoms with E-state index in [0.29, 0.717) is 22.3 Å². The van der Waals surface area contributed by atoms with E-state index in [2.05, 4.69) is 15.4 Å². The zero-order chi connectivity index (χ0) is 20.5. The first-order valence-electron chi connectivity index (χ1n) is 9.32. The lowest BCUT2D eigenvalue weighted by Crippen LogP contribution is -2.28. The smallest absolute Gasteiger partial charge is 0.261 e. The second-order valence-corrected chi connectivity index (χ2v) is 6.99. The second-order valence-electron chi connectivity index (χ2n) is 6.99. The van der Waals surface area contributed by atoms with E-state index in [1.807, 2.05) is 63.2 Å². The fourth-order valence-electron chi connectivity index (χ4n) is 3.43. The number of amides is 1. The minimum atomic E-state index is -0.306. The number of anilines is 1. The third-order valence-corrected chi connectivity index (χ3v) is 4.93. The number of benzene rings is 2. The summed E-state index contributed by atoms with van der Waals surface area (Å²) in [5.74, 6) is -0.306. The van der Waals surface area contributed by atoms with E-state index >= 15 is 0 Å². The molecule has 0 aliphatic carbocycles. The molecule has 2 heterocycles. The summed E-state index contributed by atoms with van der Waals surface area (Å²) in [6, 6.07) is 15.2. The third kappa shape index (κ3) is 3.42. The minimum absolute atomic E-state index is 0.120. The topological polar surface area (TPSA) is 81.8 Å². The summed E-state index contributed by atoms with van der Waals surface area (Å²) >= 11 is 0. The van der Waals surface area contributed by atoms with Crippen LogP contribution >= 0.6 is 0 Å².